The molecule has 1 heterocycles. The van der Waals surface area contributed by atoms with E-state index in [0.717, 1.165) is 26.2 Å². The van der Waals surface area contributed by atoms with Crippen LogP contribution in [0.2, 0.25) is 0 Å². The van der Waals surface area contributed by atoms with E-state index in [9.17, 15) is 9.59 Å². The molecule has 1 fully saturated rings. The number of carbonyl (C=O) groups excluding carboxylic acids is 2. The topological polar surface area (TPSA) is 40.6 Å². The van der Waals surface area contributed by atoms with E-state index < -0.39 is 0 Å². The molecule has 0 unspecified atom stereocenters. The van der Waals surface area contributed by atoms with Gasteiger partial charge in [-0.1, -0.05) is 30.3 Å². The summed E-state index contributed by atoms with van der Waals surface area (Å²) in [6.45, 7) is 3.20. The van der Waals surface area contributed by atoms with E-state index in [0.29, 0.717) is 5.56 Å². The van der Waals surface area contributed by atoms with Gasteiger partial charge in [0.2, 0.25) is 5.91 Å². The van der Waals surface area contributed by atoms with Crippen LogP contribution in [0, 0.1) is 0 Å². The zero-order chi connectivity index (χ0) is 13.0. The van der Waals surface area contributed by atoms with Gasteiger partial charge in [0.05, 0.1) is 6.42 Å². The van der Waals surface area contributed by atoms with Crippen LogP contribution >= 0.6 is 0 Å². The molecule has 0 atom stereocenters. The maximum absolute atomic E-state index is 12.0. The lowest BCUT2D eigenvalue weighted by Gasteiger charge is -2.32. The van der Waals surface area contributed by atoms with Crippen molar-refractivity contribution in [3.8, 4) is 0 Å². The number of nitrogens with zero attached hydrogens (tertiary/aromatic N) is 2. The molecule has 1 aromatic rings. The minimum absolute atomic E-state index is 0.0201. The van der Waals surface area contributed by atoms with Crippen LogP contribution in [-0.2, 0) is 4.79 Å². The molecule has 0 saturated carbocycles. The monoisotopic (exact) mass is 246 g/mol. The first-order chi connectivity index (χ1) is 8.66. The quantitative estimate of drug-likeness (QED) is 0.591. The highest BCUT2D eigenvalue weighted by atomic mass is 16.2. The fourth-order valence-corrected chi connectivity index (χ4v) is 2.03. The van der Waals surface area contributed by atoms with Gasteiger partial charge in [0, 0.05) is 31.7 Å². The first kappa shape index (κ1) is 12.8. The van der Waals surface area contributed by atoms with Crippen LogP contribution in [0.5, 0.6) is 0 Å². The van der Waals surface area contributed by atoms with Gasteiger partial charge in [-0.05, 0) is 7.05 Å². The van der Waals surface area contributed by atoms with E-state index >= 15 is 0 Å². The van der Waals surface area contributed by atoms with Gasteiger partial charge in [-0.2, -0.15) is 0 Å². The number of rotatable bonds is 3. The predicted octanol–water partition coefficient (Wildman–Crippen LogP) is 1.03. The molecular formula is C14H18N2O2. The van der Waals surface area contributed by atoms with Gasteiger partial charge in [0.15, 0.2) is 5.78 Å². The number of benzene rings is 1. The average molecular weight is 246 g/mol. The smallest absolute Gasteiger partial charge is 0.230 e. The van der Waals surface area contributed by atoms with Gasteiger partial charge in [0.1, 0.15) is 0 Å². The molecule has 96 valence electrons. The normalized spacial score (nSPS) is 16.6. The minimum Gasteiger partial charge on any atom is -0.340 e. The number of ketones is 1. The van der Waals surface area contributed by atoms with Crippen LogP contribution < -0.4 is 0 Å². The van der Waals surface area contributed by atoms with E-state index in [4.69, 9.17) is 0 Å². The molecular weight excluding hydrogens is 228 g/mol. The summed E-state index contributed by atoms with van der Waals surface area (Å²) in [5, 5.41) is 0. The Bertz CT molecular complexity index is 423. The molecule has 18 heavy (non-hydrogen) atoms. The number of hydrogen-bond donors (Lipinski definition) is 0. The molecule has 1 amide bonds. The van der Waals surface area contributed by atoms with Gasteiger partial charge in [-0.3, -0.25) is 9.59 Å². The predicted molar refractivity (Wildman–Crippen MR) is 69.5 cm³/mol. The van der Waals surface area contributed by atoms with E-state index in [1.165, 1.54) is 0 Å². The molecule has 0 bridgehead atoms. The zero-order valence-corrected chi connectivity index (χ0v) is 10.6. The number of hydrogen-bond acceptors (Lipinski definition) is 3. The molecule has 1 aliphatic heterocycles. The van der Waals surface area contributed by atoms with E-state index in [-0.39, 0.29) is 18.1 Å². The van der Waals surface area contributed by atoms with Crippen molar-refractivity contribution in [1.29, 1.82) is 0 Å². The van der Waals surface area contributed by atoms with Gasteiger partial charge < -0.3 is 9.80 Å². The summed E-state index contributed by atoms with van der Waals surface area (Å²) in [6, 6.07) is 8.99. The molecule has 4 nitrogen and oxygen atoms in total. The second kappa shape index (κ2) is 5.78. The molecule has 2 rings (SSSR count). The Morgan fingerprint density at radius 2 is 1.67 bits per heavy atom. The summed E-state index contributed by atoms with van der Waals surface area (Å²) < 4.78 is 0. The maximum Gasteiger partial charge on any atom is 0.230 e. The minimum atomic E-state index is -0.0977. The summed E-state index contributed by atoms with van der Waals surface area (Å²) >= 11 is 0. The average Bonchev–Trinajstić information content (AvgIpc) is 2.40. The number of carbonyl (C=O) groups is 2. The molecule has 0 N–H and O–H groups in total. The molecule has 1 saturated heterocycles. The molecule has 1 aromatic carbocycles. The first-order valence-electron chi connectivity index (χ1n) is 6.21. The van der Waals surface area contributed by atoms with Crippen LogP contribution in [0.25, 0.3) is 0 Å². The zero-order valence-electron chi connectivity index (χ0n) is 10.6. The van der Waals surface area contributed by atoms with E-state index in [1.807, 2.05) is 25.2 Å². The Morgan fingerprint density at radius 1 is 1.06 bits per heavy atom. The van der Waals surface area contributed by atoms with Crippen LogP contribution in [0.15, 0.2) is 30.3 Å². The number of piperazine rings is 1. The number of Topliss-reactive ketones (excluding diaryl/α,β-unsaturated/α-hetero) is 1. The highest BCUT2D eigenvalue weighted by Crippen LogP contribution is 2.07. The van der Waals surface area contributed by atoms with Crippen LogP contribution in [0.3, 0.4) is 0 Å². The summed E-state index contributed by atoms with van der Waals surface area (Å²) in [4.78, 5) is 27.8. The van der Waals surface area contributed by atoms with E-state index in [2.05, 4.69) is 4.90 Å². The van der Waals surface area contributed by atoms with Crippen molar-refractivity contribution in [1.82, 2.24) is 9.80 Å². The van der Waals surface area contributed by atoms with Crippen LogP contribution in [0.1, 0.15) is 16.8 Å². The van der Waals surface area contributed by atoms with Crippen LogP contribution in [0.4, 0.5) is 0 Å². The highest BCUT2D eigenvalue weighted by molar-refractivity contribution is 6.07. The van der Waals surface area contributed by atoms with Crippen molar-refractivity contribution < 1.29 is 9.59 Å². The third kappa shape index (κ3) is 3.17. The van der Waals surface area contributed by atoms with Crippen molar-refractivity contribution in [2.45, 2.75) is 6.42 Å². The lowest BCUT2D eigenvalue weighted by molar-refractivity contribution is -0.131. The highest BCUT2D eigenvalue weighted by Gasteiger charge is 2.21. The van der Waals surface area contributed by atoms with Crippen molar-refractivity contribution >= 4 is 11.7 Å². The first-order valence-corrected chi connectivity index (χ1v) is 6.21. The molecule has 0 aliphatic carbocycles. The Hall–Kier alpha value is -1.68. The molecule has 4 heteroatoms. The molecule has 1 aliphatic rings. The van der Waals surface area contributed by atoms with Gasteiger partial charge >= 0.3 is 0 Å². The lowest BCUT2D eigenvalue weighted by Crippen LogP contribution is -2.47. The third-order valence-electron chi connectivity index (χ3n) is 3.26. The van der Waals surface area contributed by atoms with E-state index in [1.54, 1.807) is 17.0 Å². The standard InChI is InChI=1S/C14H18N2O2/c1-15-7-9-16(10-8-15)14(18)11-13(17)12-5-3-2-4-6-12/h2-6H,7-11H2,1H3. The Kier molecular flexibility index (Phi) is 4.10. The van der Waals surface area contributed by atoms with Gasteiger partial charge in [-0.25, -0.2) is 0 Å². The van der Waals surface area contributed by atoms with Crippen molar-refractivity contribution in [2.24, 2.45) is 0 Å². The van der Waals surface area contributed by atoms with Gasteiger partial charge in [0.25, 0.3) is 0 Å². The third-order valence-corrected chi connectivity index (χ3v) is 3.26. The second-order valence-corrected chi connectivity index (χ2v) is 4.65. The summed E-state index contributed by atoms with van der Waals surface area (Å²) in [5.74, 6) is -0.156. The van der Waals surface area contributed by atoms with Crippen molar-refractivity contribution in [2.75, 3.05) is 33.2 Å². The lowest BCUT2D eigenvalue weighted by atomic mass is 10.1. The largest absolute Gasteiger partial charge is 0.340 e. The molecule has 0 aromatic heterocycles. The molecule has 0 spiro atoms. The SMILES string of the molecule is CN1CCN(C(=O)CC(=O)c2ccccc2)CC1. The Morgan fingerprint density at radius 3 is 2.28 bits per heavy atom. The summed E-state index contributed by atoms with van der Waals surface area (Å²) in [6.07, 6.45) is -0.0201. The fraction of sp³-hybridized carbons (Fsp3) is 0.429. The molecule has 0 radical (unpaired) electrons. The van der Waals surface area contributed by atoms with Gasteiger partial charge in [-0.15, -0.1) is 0 Å². The summed E-state index contributed by atoms with van der Waals surface area (Å²) in [5.41, 5.74) is 0.611. The summed E-state index contributed by atoms with van der Waals surface area (Å²) in [7, 11) is 2.04. The fourth-order valence-electron chi connectivity index (χ4n) is 2.03. The van der Waals surface area contributed by atoms with Crippen molar-refractivity contribution in [3.05, 3.63) is 35.9 Å². The Labute approximate surface area is 107 Å². The number of amides is 1. The number of likely N-dealkylation sites (N-methyl/N-ethyl adjacent to an activating group) is 1. The second-order valence-electron chi connectivity index (χ2n) is 4.65. The van der Waals surface area contributed by atoms with Crippen LogP contribution in [-0.4, -0.2) is 54.7 Å². The Balaban J connectivity index is 1.90. The maximum atomic E-state index is 12.0. The van der Waals surface area contributed by atoms with Crippen molar-refractivity contribution in [3.63, 3.8) is 0 Å².